The summed E-state index contributed by atoms with van der Waals surface area (Å²) in [6.07, 6.45) is 0. The van der Waals surface area contributed by atoms with Crippen LogP contribution in [-0.4, -0.2) is 22.1 Å². The largest absolute Gasteiger partial charge is 0.492 e. The van der Waals surface area contributed by atoms with Crippen molar-refractivity contribution in [3.63, 3.8) is 0 Å². The molecule has 3 aromatic rings. The van der Waals surface area contributed by atoms with E-state index in [4.69, 9.17) is 4.74 Å². The van der Waals surface area contributed by atoms with E-state index in [9.17, 15) is 4.79 Å². The number of carbonyl (C=O) groups excluding carboxylic acids is 1. The third kappa shape index (κ3) is 3.37. The molecule has 2 aromatic carbocycles. The fraction of sp³-hybridized carbons (Fsp3) is 0.118. The maximum Gasteiger partial charge on any atom is 0.269 e. The number of hydrogen-bond donors (Lipinski definition) is 1. The van der Waals surface area contributed by atoms with Crippen LogP contribution in [0.2, 0.25) is 0 Å². The lowest BCUT2D eigenvalue weighted by molar-refractivity contribution is 0.103. The highest BCUT2D eigenvalue weighted by molar-refractivity contribution is 7.08. The quantitative estimate of drug-likeness (QED) is 0.774. The predicted molar refractivity (Wildman–Crippen MR) is 90.9 cm³/mol. The molecule has 1 heterocycles. The van der Waals surface area contributed by atoms with Gasteiger partial charge in [0, 0.05) is 5.56 Å². The van der Waals surface area contributed by atoms with E-state index in [1.165, 1.54) is 0 Å². The Morgan fingerprint density at radius 1 is 1.13 bits per heavy atom. The number of amides is 1. The average Bonchev–Trinajstić information content (AvgIpc) is 3.07. The van der Waals surface area contributed by atoms with E-state index in [-0.39, 0.29) is 5.91 Å². The second kappa shape index (κ2) is 7.02. The molecule has 23 heavy (non-hydrogen) atoms. The number of aromatic nitrogens is 2. The van der Waals surface area contributed by atoms with Crippen LogP contribution in [0.4, 0.5) is 5.69 Å². The number of hydrogen-bond acceptors (Lipinski definition) is 5. The summed E-state index contributed by atoms with van der Waals surface area (Å²) in [5.74, 6) is 0.396. The van der Waals surface area contributed by atoms with Crippen LogP contribution in [-0.2, 0) is 0 Å². The van der Waals surface area contributed by atoms with Gasteiger partial charge in [0.1, 0.15) is 16.3 Å². The number of anilines is 1. The summed E-state index contributed by atoms with van der Waals surface area (Å²) in [5, 5.41) is 6.96. The molecule has 1 amide bonds. The molecule has 3 rings (SSSR count). The van der Waals surface area contributed by atoms with Gasteiger partial charge < -0.3 is 10.1 Å². The molecule has 0 aliphatic rings. The second-order valence-corrected chi connectivity index (χ2v) is 5.45. The zero-order valence-electron chi connectivity index (χ0n) is 12.5. The molecule has 5 nitrogen and oxygen atoms in total. The van der Waals surface area contributed by atoms with E-state index in [1.807, 2.05) is 55.5 Å². The second-order valence-electron chi connectivity index (χ2n) is 4.70. The normalized spacial score (nSPS) is 10.3. The van der Waals surface area contributed by atoms with Crippen LogP contribution in [0.5, 0.6) is 5.75 Å². The Bertz CT molecular complexity index is 802. The molecule has 6 heteroatoms. The first-order valence-electron chi connectivity index (χ1n) is 7.20. The van der Waals surface area contributed by atoms with E-state index in [0.29, 0.717) is 28.6 Å². The van der Waals surface area contributed by atoms with Crippen molar-refractivity contribution in [2.24, 2.45) is 0 Å². The first-order valence-corrected chi connectivity index (χ1v) is 7.98. The van der Waals surface area contributed by atoms with Crippen LogP contribution in [0.3, 0.4) is 0 Å². The molecule has 1 aromatic heterocycles. The SMILES string of the molecule is CCOc1ccccc1NC(=O)c1snnc1-c1ccccc1. The lowest BCUT2D eigenvalue weighted by Gasteiger charge is -2.10. The molecule has 0 bridgehead atoms. The average molecular weight is 325 g/mol. The summed E-state index contributed by atoms with van der Waals surface area (Å²) in [6.45, 7) is 2.43. The summed E-state index contributed by atoms with van der Waals surface area (Å²) in [7, 11) is 0. The van der Waals surface area contributed by atoms with Gasteiger partial charge in [-0.2, -0.15) is 0 Å². The highest BCUT2D eigenvalue weighted by atomic mass is 32.1. The minimum atomic E-state index is -0.244. The van der Waals surface area contributed by atoms with Gasteiger partial charge in [-0.25, -0.2) is 0 Å². The van der Waals surface area contributed by atoms with Crippen molar-refractivity contribution < 1.29 is 9.53 Å². The van der Waals surface area contributed by atoms with Crippen molar-refractivity contribution in [2.45, 2.75) is 6.92 Å². The lowest BCUT2D eigenvalue weighted by Crippen LogP contribution is -2.12. The number of para-hydroxylation sites is 2. The van der Waals surface area contributed by atoms with Gasteiger partial charge in [-0.15, -0.1) is 5.10 Å². The van der Waals surface area contributed by atoms with Gasteiger partial charge in [0.05, 0.1) is 12.3 Å². The van der Waals surface area contributed by atoms with Gasteiger partial charge in [-0.05, 0) is 30.6 Å². The van der Waals surface area contributed by atoms with Crippen molar-refractivity contribution >= 4 is 23.1 Å². The number of ether oxygens (including phenoxy) is 1. The van der Waals surface area contributed by atoms with Gasteiger partial charge in [0.2, 0.25) is 0 Å². The molecule has 0 saturated heterocycles. The molecule has 0 fully saturated rings. The third-order valence-electron chi connectivity index (χ3n) is 3.18. The smallest absolute Gasteiger partial charge is 0.269 e. The minimum absolute atomic E-state index is 0.244. The van der Waals surface area contributed by atoms with Gasteiger partial charge >= 0.3 is 0 Å². The standard InChI is InChI=1S/C17H15N3O2S/c1-2-22-14-11-7-6-10-13(14)18-17(21)16-15(19-20-23-16)12-8-4-3-5-9-12/h3-11H,2H2,1H3,(H,18,21). The Balaban J connectivity index is 1.87. The molecule has 0 unspecified atom stereocenters. The van der Waals surface area contributed by atoms with Crippen molar-refractivity contribution in [1.29, 1.82) is 0 Å². The summed E-state index contributed by atoms with van der Waals surface area (Å²) >= 11 is 1.08. The highest BCUT2D eigenvalue weighted by Gasteiger charge is 2.18. The van der Waals surface area contributed by atoms with Crippen LogP contribution in [0.1, 0.15) is 16.6 Å². The maximum absolute atomic E-state index is 12.6. The zero-order chi connectivity index (χ0) is 16.1. The summed E-state index contributed by atoms with van der Waals surface area (Å²) in [4.78, 5) is 13.1. The van der Waals surface area contributed by atoms with Crippen LogP contribution < -0.4 is 10.1 Å². The monoisotopic (exact) mass is 325 g/mol. The molecule has 0 saturated carbocycles. The summed E-state index contributed by atoms with van der Waals surface area (Å²) < 4.78 is 9.45. The van der Waals surface area contributed by atoms with Gasteiger partial charge in [-0.3, -0.25) is 4.79 Å². The Labute approximate surface area is 138 Å². The Morgan fingerprint density at radius 2 is 1.87 bits per heavy atom. The van der Waals surface area contributed by atoms with Crippen LogP contribution in [0, 0.1) is 0 Å². The fourth-order valence-corrected chi connectivity index (χ4v) is 2.74. The first-order chi connectivity index (χ1) is 11.3. The molecule has 0 radical (unpaired) electrons. The van der Waals surface area contributed by atoms with E-state index in [1.54, 1.807) is 6.07 Å². The summed E-state index contributed by atoms with van der Waals surface area (Å²) in [6, 6.07) is 16.9. The number of benzene rings is 2. The van der Waals surface area contributed by atoms with Crippen LogP contribution in [0.25, 0.3) is 11.3 Å². The third-order valence-corrected chi connectivity index (χ3v) is 3.90. The molecule has 1 N–H and O–H groups in total. The first kappa shape index (κ1) is 15.2. The van der Waals surface area contributed by atoms with Crippen LogP contribution in [0.15, 0.2) is 54.6 Å². The summed E-state index contributed by atoms with van der Waals surface area (Å²) in [5.41, 5.74) is 2.08. The molecule has 0 spiro atoms. The minimum Gasteiger partial charge on any atom is -0.492 e. The number of rotatable bonds is 5. The molecule has 0 aliphatic carbocycles. The van der Waals surface area contributed by atoms with Gasteiger partial charge in [-0.1, -0.05) is 47.0 Å². The van der Waals surface area contributed by atoms with E-state index in [0.717, 1.165) is 17.1 Å². The number of carbonyl (C=O) groups is 1. The zero-order valence-corrected chi connectivity index (χ0v) is 13.3. The van der Waals surface area contributed by atoms with E-state index >= 15 is 0 Å². The molecule has 116 valence electrons. The van der Waals surface area contributed by atoms with Crippen molar-refractivity contribution in [2.75, 3.05) is 11.9 Å². The molecular formula is C17H15N3O2S. The van der Waals surface area contributed by atoms with E-state index < -0.39 is 0 Å². The van der Waals surface area contributed by atoms with Gasteiger partial charge in [0.25, 0.3) is 5.91 Å². The van der Waals surface area contributed by atoms with Crippen LogP contribution >= 0.6 is 11.5 Å². The number of nitrogens with zero attached hydrogens (tertiary/aromatic N) is 2. The number of nitrogens with one attached hydrogen (secondary N) is 1. The Hall–Kier alpha value is -2.73. The molecule has 0 atom stereocenters. The lowest BCUT2D eigenvalue weighted by atomic mass is 10.1. The maximum atomic E-state index is 12.6. The molecule has 0 aliphatic heterocycles. The molecular weight excluding hydrogens is 310 g/mol. The van der Waals surface area contributed by atoms with Crippen molar-refractivity contribution in [1.82, 2.24) is 9.59 Å². The predicted octanol–water partition coefficient (Wildman–Crippen LogP) is 3.86. The van der Waals surface area contributed by atoms with E-state index in [2.05, 4.69) is 14.9 Å². The van der Waals surface area contributed by atoms with Crippen molar-refractivity contribution in [3.05, 3.63) is 59.5 Å². The Morgan fingerprint density at radius 3 is 2.65 bits per heavy atom. The topological polar surface area (TPSA) is 64.1 Å². The Kier molecular flexibility index (Phi) is 4.63. The highest BCUT2D eigenvalue weighted by Crippen LogP contribution is 2.27. The van der Waals surface area contributed by atoms with Crippen molar-refractivity contribution in [3.8, 4) is 17.0 Å². The van der Waals surface area contributed by atoms with Gasteiger partial charge in [0.15, 0.2) is 0 Å². The fourth-order valence-electron chi connectivity index (χ4n) is 2.15.